The topological polar surface area (TPSA) is 58.2 Å². The quantitative estimate of drug-likeness (QED) is 0.884. The zero-order chi connectivity index (χ0) is 16.3. The van der Waals surface area contributed by atoms with E-state index in [1.54, 1.807) is 23.6 Å². The largest absolute Gasteiger partial charge is 0.345 e. The van der Waals surface area contributed by atoms with Crippen LogP contribution in [0.4, 0.5) is 4.39 Å². The Hall–Kier alpha value is -2.21. The molecule has 6 heteroatoms. The minimum absolute atomic E-state index is 0.0718. The van der Waals surface area contributed by atoms with E-state index in [4.69, 9.17) is 0 Å². The van der Waals surface area contributed by atoms with Gasteiger partial charge in [0.15, 0.2) is 0 Å². The Morgan fingerprint density at radius 3 is 2.48 bits per heavy atom. The first-order valence-electron chi connectivity index (χ1n) is 7.46. The van der Waals surface area contributed by atoms with Gasteiger partial charge in [-0.25, -0.2) is 4.39 Å². The number of halogens is 1. The minimum atomic E-state index is -0.433. The summed E-state index contributed by atoms with van der Waals surface area (Å²) in [5, 5.41) is 9.15. The number of nitrogens with one attached hydrogen (secondary N) is 2. The molecule has 0 spiro atoms. The molecule has 2 N–H and O–H groups in total. The number of rotatable bonds is 5. The molecule has 2 amide bonds. The monoisotopic (exact) mass is 332 g/mol. The third-order valence-corrected chi connectivity index (χ3v) is 4.86. The number of hydrogen-bond acceptors (Lipinski definition) is 3. The second-order valence-corrected chi connectivity index (χ2v) is 6.47. The van der Waals surface area contributed by atoms with Crippen molar-refractivity contribution in [3.63, 3.8) is 0 Å². The molecule has 0 radical (unpaired) electrons. The van der Waals surface area contributed by atoms with E-state index in [0.29, 0.717) is 5.56 Å². The van der Waals surface area contributed by atoms with Crippen molar-refractivity contribution in [2.75, 3.05) is 6.54 Å². The summed E-state index contributed by atoms with van der Waals surface area (Å²) in [6.07, 6.45) is 2.66. The predicted octanol–water partition coefficient (Wildman–Crippen LogP) is 2.81. The lowest BCUT2D eigenvalue weighted by Crippen LogP contribution is -2.53. The van der Waals surface area contributed by atoms with Crippen LogP contribution in [0.5, 0.6) is 0 Å². The molecular weight excluding hydrogens is 315 g/mol. The van der Waals surface area contributed by atoms with Crippen LogP contribution >= 0.6 is 11.3 Å². The van der Waals surface area contributed by atoms with Gasteiger partial charge in [-0.2, -0.15) is 11.3 Å². The van der Waals surface area contributed by atoms with Crippen molar-refractivity contribution in [1.82, 2.24) is 10.6 Å². The van der Waals surface area contributed by atoms with Crippen molar-refractivity contribution in [2.24, 2.45) is 0 Å². The second kappa shape index (κ2) is 6.50. The Kier molecular flexibility index (Phi) is 4.43. The van der Waals surface area contributed by atoms with Gasteiger partial charge in [0, 0.05) is 10.9 Å². The first-order valence-corrected chi connectivity index (χ1v) is 8.41. The predicted molar refractivity (Wildman–Crippen MR) is 86.7 cm³/mol. The summed E-state index contributed by atoms with van der Waals surface area (Å²) in [6, 6.07) is 7.93. The molecule has 1 aromatic heterocycles. The first-order chi connectivity index (χ1) is 11.1. The molecule has 0 aliphatic heterocycles. The van der Waals surface area contributed by atoms with E-state index in [-0.39, 0.29) is 24.2 Å². The van der Waals surface area contributed by atoms with E-state index in [1.165, 1.54) is 23.5 Å². The van der Waals surface area contributed by atoms with E-state index in [0.717, 1.165) is 24.8 Å². The molecule has 1 aliphatic rings. The smallest absolute Gasteiger partial charge is 0.252 e. The van der Waals surface area contributed by atoms with E-state index < -0.39 is 5.54 Å². The molecule has 0 unspecified atom stereocenters. The van der Waals surface area contributed by atoms with Gasteiger partial charge < -0.3 is 10.6 Å². The lowest BCUT2D eigenvalue weighted by Gasteiger charge is -2.43. The second-order valence-electron chi connectivity index (χ2n) is 5.69. The van der Waals surface area contributed by atoms with Gasteiger partial charge in [-0.3, -0.25) is 9.59 Å². The maximum atomic E-state index is 13.1. The van der Waals surface area contributed by atoms with E-state index in [9.17, 15) is 14.0 Å². The normalized spacial score (nSPS) is 15.5. The van der Waals surface area contributed by atoms with Crippen molar-refractivity contribution in [3.8, 4) is 0 Å². The molecule has 4 nitrogen and oxygen atoms in total. The molecular formula is C17H17FN2O2S. The number of carbonyl (C=O) groups excluding carboxylic acids is 2. The van der Waals surface area contributed by atoms with Crippen LogP contribution in [-0.4, -0.2) is 18.4 Å². The summed E-state index contributed by atoms with van der Waals surface area (Å²) < 4.78 is 13.1. The number of hydrogen-bond donors (Lipinski definition) is 2. The average Bonchev–Trinajstić information content (AvgIpc) is 3.04. The maximum Gasteiger partial charge on any atom is 0.252 e. The summed E-state index contributed by atoms with van der Waals surface area (Å²) in [7, 11) is 0. The lowest BCUT2D eigenvalue weighted by atomic mass is 9.72. The SMILES string of the molecule is O=C(CNC(=O)c1ccsc1)NC1(c2ccc(F)cc2)CCC1. The Morgan fingerprint density at radius 1 is 1.17 bits per heavy atom. The molecule has 120 valence electrons. The Morgan fingerprint density at radius 2 is 1.91 bits per heavy atom. The van der Waals surface area contributed by atoms with Crippen LogP contribution in [0.15, 0.2) is 41.1 Å². The minimum Gasteiger partial charge on any atom is -0.345 e. The highest BCUT2D eigenvalue weighted by atomic mass is 32.1. The fourth-order valence-electron chi connectivity index (χ4n) is 2.75. The summed E-state index contributed by atoms with van der Waals surface area (Å²) in [5.41, 5.74) is 1.03. The fraction of sp³-hybridized carbons (Fsp3) is 0.294. The number of thiophene rings is 1. The standard InChI is InChI=1S/C17H17FN2O2S/c18-14-4-2-13(3-5-14)17(7-1-8-17)20-15(21)10-19-16(22)12-6-9-23-11-12/h2-6,9,11H,1,7-8,10H2,(H,19,22)(H,20,21). The number of carbonyl (C=O) groups is 2. The van der Waals surface area contributed by atoms with Crippen LogP contribution in [-0.2, 0) is 10.3 Å². The third kappa shape index (κ3) is 3.42. The molecule has 0 atom stereocenters. The zero-order valence-electron chi connectivity index (χ0n) is 12.5. The van der Waals surface area contributed by atoms with Crippen molar-refractivity contribution in [3.05, 3.63) is 58.0 Å². The maximum absolute atomic E-state index is 13.1. The number of amides is 2. The number of benzene rings is 1. The van der Waals surface area contributed by atoms with Gasteiger partial charge in [0.1, 0.15) is 5.82 Å². The van der Waals surface area contributed by atoms with E-state index in [1.807, 2.05) is 5.38 Å². The van der Waals surface area contributed by atoms with Gasteiger partial charge in [-0.1, -0.05) is 12.1 Å². The molecule has 1 heterocycles. The van der Waals surface area contributed by atoms with Gasteiger partial charge in [0.25, 0.3) is 5.91 Å². The molecule has 1 aliphatic carbocycles. The first kappa shape index (κ1) is 15.7. The lowest BCUT2D eigenvalue weighted by molar-refractivity contribution is -0.123. The van der Waals surface area contributed by atoms with Gasteiger partial charge in [-0.15, -0.1) is 0 Å². The molecule has 1 fully saturated rings. The molecule has 2 aromatic rings. The molecule has 1 saturated carbocycles. The van der Waals surface area contributed by atoms with Crippen LogP contribution in [0.1, 0.15) is 35.2 Å². The van der Waals surface area contributed by atoms with Crippen molar-refractivity contribution < 1.29 is 14.0 Å². The van der Waals surface area contributed by atoms with E-state index in [2.05, 4.69) is 10.6 Å². The van der Waals surface area contributed by atoms with Crippen LogP contribution in [0.25, 0.3) is 0 Å². The van der Waals surface area contributed by atoms with Gasteiger partial charge in [0.05, 0.1) is 12.1 Å². The van der Waals surface area contributed by atoms with Crippen LogP contribution in [0.2, 0.25) is 0 Å². The Bertz CT molecular complexity index is 694. The van der Waals surface area contributed by atoms with Crippen LogP contribution < -0.4 is 10.6 Å². The summed E-state index contributed by atoms with van der Waals surface area (Å²) in [4.78, 5) is 24.0. The average molecular weight is 332 g/mol. The third-order valence-electron chi connectivity index (χ3n) is 4.18. The highest BCUT2D eigenvalue weighted by molar-refractivity contribution is 7.08. The van der Waals surface area contributed by atoms with E-state index >= 15 is 0 Å². The Balaban J connectivity index is 1.59. The van der Waals surface area contributed by atoms with Crippen molar-refractivity contribution in [2.45, 2.75) is 24.8 Å². The highest BCUT2D eigenvalue weighted by Gasteiger charge is 2.39. The van der Waals surface area contributed by atoms with Gasteiger partial charge >= 0.3 is 0 Å². The van der Waals surface area contributed by atoms with Crippen LogP contribution in [0.3, 0.4) is 0 Å². The van der Waals surface area contributed by atoms with Gasteiger partial charge in [-0.05, 0) is 48.4 Å². The fourth-order valence-corrected chi connectivity index (χ4v) is 3.39. The molecule has 0 bridgehead atoms. The summed E-state index contributed by atoms with van der Waals surface area (Å²) >= 11 is 1.43. The van der Waals surface area contributed by atoms with Crippen molar-refractivity contribution in [1.29, 1.82) is 0 Å². The molecule has 1 aromatic carbocycles. The van der Waals surface area contributed by atoms with Crippen LogP contribution in [0, 0.1) is 5.82 Å². The molecule has 0 saturated heterocycles. The zero-order valence-corrected chi connectivity index (χ0v) is 13.3. The van der Waals surface area contributed by atoms with Crippen molar-refractivity contribution >= 4 is 23.2 Å². The Labute approximate surface area is 137 Å². The summed E-state index contributed by atoms with van der Waals surface area (Å²) in [6.45, 7) is -0.0718. The summed E-state index contributed by atoms with van der Waals surface area (Å²) in [5.74, 6) is -0.791. The molecule has 23 heavy (non-hydrogen) atoms. The molecule has 3 rings (SSSR count). The van der Waals surface area contributed by atoms with Gasteiger partial charge in [0.2, 0.25) is 5.91 Å². The highest BCUT2D eigenvalue weighted by Crippen LogP contribution is 2.41.